The van der Waals surface area contributed by atoms with Crippen LogP contribution in [0, 0.1) is 13.8 Å². The number of thioether (sulfide) groups is 1. The Kier molecular flexibility index (Phi) is 6.00. The van der Waals surface area contributed by atoms with Crippen molar-refractivity contribution in [3.8, 4) is 11.5 Å². The number of nitrogens with one attached hydrogen (secondary N) is 1. The number of benzene rings is 3. The lowest BCUT2D eigenvalue weighted by atomic mass is 10.1. The Bertz CT molecular complexity index is 1150. The molecule has 30 heavy (non-hydrogen) atoms. The number of anilines is 1. The average molecular weight is 415 g/mol. The maximum absolute atomic E-state index is 12.5. The Morgan fingerprint density at radius 2 is 1.63 bits per heavy atom. The highest BCUT2D eigenvalue weighted by atomic mass is 32.2. The molecule has 0 aliphatic heterocycles. The van der Waals surface area contributed by atoms with Gasteiger partial charge in [-0.15, -0.1) is 11.8 Å². The standard InChI is InChI=1S/C25H22N2O2S/c1-17-8-6-7-11-22(17)26-24(28)19-12-14-20(15-13-19)25-27-23(18(2)29-25)16-30-21-9-4-3-5-10-21/h3-15H,16H2,1-2H3,(H,26,28). The maximum atomic E-state index is 12.5. The van der Waals surface area contributed by atoms with Gasteiger partial charge in [0, 0.05) is 27.5 Å². The predicted octanol–water partition coefficient (Wildman–Crippen LogP) is 6.50. The van der Waals surface area contributed by atoms with Crippen molar-refractivity contribution in [1.82, 2.24) is 4.98 Å². The number of amides is 1. The van der Waals surface area contributed by atoms with Crippen molar-refractivity contribution in [3.63, 3.8) is 0 Å². The molecule has 0 aliphatic carbocycles. The maximum Gasteiger partial charge on any atom is 0.255 e. The summed E-state index contributed by atoms with van der Waals surface area (Å²) in [5.41, 5.74) is 4.21. The molecule has 4 nitrogen and oxygen atoms in total. The fraction of sp³-hybridized carbons (Fsp3) is 0.120. The smallest absolute Gasteiger partial charge is 0.255 e. The second-order valence-corrected chi connectivity index (χ2v) is 8.02. The number of carbonyl (C=O) groups excluding carboxylic acids is 1. The number of carbonyl (C=O) groups is 1. The van der Waals surface area contributed by atoms with Crippen LogP contribution >= 0.6 is 11.8 Å². The number of hydrogen-bond acceptors (Lipinski definition) is 4. The average Bonchev–Trinajstić information content (AvgIpc) is 3.15. The van der Waals surface area contributed by atoms with Crippen LogP contribution in [0.15, 0.2) is 88.2 Å². The third kappa shape index (κ3) is 4.63. The van der Waals surface area contributed by atoms with Gasteiger partial charge in [-0.2, -0.15) is 0 Å². The van der Waals surface area contributed by atoms with Crippen molar-refractivity contribution in [1.29, 1.82) is 0 Å². The molecule has 4 aromatic rings. The van der Waals surface area contributed by atoms with E-state index in [4.69, 9.17) is 4.42 Å². The zero-order valence-electron chi connectivity index (χ0n) is 16.9. The number of hydrogen-bond donors (Lipinski definition) is 1. The second-order valence-electron chi connectivity index (χ2n) is 6.97. The Balaban J connectivity index is 1.45. The number of aromatic nitrogens is 1. The lowest BCUT2D eigenvalue weighted by molar-refractivity contribution is 0.102. The first-order chi connectivity index (χ1) is 14.6. The topological polar surface area (TPSA) is 55.1 Å². The van der Waals surface area contributed by atoms with Gasteiger partial charge < -0.3 is 9.73 Å². The quantitative estimate of drug-likeness (QED) is 0.366. The van der Waals surface area contributed by atoms with Gasteiger partial charge in [-0.05, 0) is 61.9 Å². The molecular weight excluding hydrogens is 392 g/mol. The van der Waals surface area contributed by atoms with Gasteiger partial charge in [0.1, 0.15) is 5.76 Å². The van der Waals surface area contributed by atoms with E-state index in [9.17, 15) is 4.79 Å². The normalized spacial score (nSPS) is 10.7. The first kappa shape index (κ1) is 20.0. The van der Waals surface area contributed by atoms with E-state index >= 15 is 0 Å². The summed E-state index contributed by atoms with van der Waals surface area (Å²) < 4.78 is 5.88. The molecule has 0 unspecified atom stereocenters. The third-order valence-corrected chi connectivity index (χ3v) is 5.82. The van der Waals surface area contributed by atoms with Crippen molar-refractivity contribution in [2.45, 2.75) is 24.5 Å². The van der Waals surface area contributed by atoms with Crippen LogP contribution in [0.1, 0.15) is 27.4 Å². The van der Waals surface area contributed by atoms with E-state index in [1.807, 2.05) is 68.4 Å². The Morgan fingerprint density at radius 3 is 2.37 bits per heavy atom. The minimum absolute atomic E-state index is 0.139. The van der Waals surface area contributed by atoms with Gasteiger partial charge in [-0.3, -0.25) is 4.79 Å². The van der Waals surface area contributed by atoms with Gasteiger partial charge in [0.05, 0.1) is 5.69 Å². The van der Waals surface area contributed by atoms with E-state index in [2.05, 4.69) is 22.4 Å². The van der Waals surface area contributed by atoms with Gasteiger partial charge >= 0.3 is 0 Å². The van der Waals surface area contributed by atoms with Gasteiger partial charge in [0.2, 0.25) is 5.89 Å². The van der Waals surface area contributed by atoms with Crippen LogP contribution < -0.4 is 5.32 Å². The minimum Gasteiger partial charge on any atom is -0.441 e. The molecule has 0 aliphatic rings. The third-order valence-electron chi connectivity index (χ3n) is 4.80. The van der Waals surface area contributed by atoms with Crippen LogP contribution in [0.2, 0.25) is 0 Å². The van der Waals surface area contributed by atoms with E-state index in [-0.39, 0.29) is 5.91 Å². The van der Waals surface area contributed by atoms with Crippen LogP contribution in [0.4, 0.5) is 5.69 Å². The second kappa shape index (κ2) is 9.01. The highest BCUT2D eigenvalue weighted by molar-refractivity contribution is 7.98. The zero-order chi connectivity index (χ0) is 20.9. The predicted molar refractivity (Wildman–Crippen MR) is 122 cm³/mol. The molecule has 0 spiro atoms. The summed E-state index contributed by atoms with van der Waals surface area (Å²) in [6.07, 6.45) is 0. The van der Waals surface area contributed by atoms with E-state index in [0.717, 1.165) is 34.0 Å². The molecule has 1 N–H and O–H groups in total. The first-order valence-corrected chi connectivity index (χ1v) is 10.7. The van der Waals surface area contributed by atoms with Crippen LogP contribution in [0.25, 0.3) is 11.5 Å². The molecule has 0 atom stereocenters. The molecule has 1 heterocycles. The van der Waals surface area contributed by atoms with Crippen LogP contribution in [0.3, 0.4) is 0 Å². The van der Waals surface area contributed by atoms with Gasteiger partial charge in [0.15, 0.2) is 0 Å². The van der Waals surface area contributed by atoms with Crippen LogP contribution in [0.5, 0.6) is 0 Å². The summed E-state index contributed by atoms with van der Waals surface area (Å²) in [4.78, 5) is 18.4. The van der Waals surface area contributed by atoms with E-state index < -0.39 is 0 Å². The molecule has 0 bridgehead atoms. The number of oxazole rings is 1. The summed E-state index contributed by atoms with van der Waals surface area (Å²) in [6.45, 7) is 3.90. The fourth-order valence-electron chi connectivity index (χ4n) is 3.03. The monoisotopic (exact) mass is 414 g/mol. The summed E-state index contributed by atoms with van der Waals surface area (Å²) in [7, 11) is 0. The molecule has 1 aromatic heterocycles. The molecule has 1 amide bonds. The minimum atomic E-state index is -0.139. The molecule has 0 saturated heterocycles. The van der Waals surface area contributed by atoms with Crippen molar-refractivity contribution >= 4 is 23.4 Å². The lowest BCUT2D eigenvalue weighted by Crippen LogP contribution is -2.12. The van der Waals surface area contributed by atoms with Gasteiger partial charge in [-0.25, -0.2) is 4.98 Å². The molecule has 0 saturated carbocycles. The zero-order valence-corrected chi connectivity index (χ0v) is 17.7. The number of aryl methyl sites for hydroxylation is 2. The summed E-state index contributed by atoms with van der Waals surface area (Å²) in [6, 6.07) is 25.3. The van der Waals surface area contributed by atoms with Gasteiger partial charge in [0.25, 0.3) is 5.91 Å². The summed E-state index contributed by atoms with van der Waals surface area (Å²) in [5, 5.41) is 2.95. The molecule has 4 rings (SSSR count). The summed E-state index contributed by atoms with van der Waals surface area (Å²) in [5.74, 6) is 1.99. The van der Waals surface area contributed by atoms with E-state index in [0.29, 0.717) is 11.5 Å². The van der Waals surface area contributed by atoms with E-state index in [1.54, 1.807) is 23.9 Å². The Labute approximate surface area is 180 Å². The Hall–Kier alpha value is -3.31. The molecule has 0 fully saturated rings. The highest BCUT2D eigenvalue weighted by Crippen LogP contribution is 2.27. The Morgan fingerprint density at radius 1 is 0.933 bits per heavy atom. The fourth-order valence-corrected chi connectivity index (χ4v) is 3.95. The summed E-state index contributed by atoms with van der Waals surface area (Å²) >= 11 is 1.73. The first-order valence-electron chi connectivity index (χ1n) is 9.72. The number of nitrogens with zero attached hydrogens (tertiary/aromatic N) is 1. The van der Waals surface area contributed by atoms with Crippen molar-refractivity contribution in [3.05, 3.63) is 101 Å². The molecule has 3 aromatic carbocycles. The SMILES string of the molecule is Cc1ccccc1NC(=O)c1ccc(-c2nc(CSc3ccccc3)c(C)o2)cc1. The lowest BCUT2D eigenvalue weighted by Gasteiger charge is -2.08. The number of rotatable bonds is 6. The van der Waals surface area contributed by atoms with Crippen molar-refractivity contribution in [2.75, 3.05) is 5.32 Å². The largest absolute Gasteiger partial charge is 0.441 e. The molecular formula is C25H22N2O2S. The molecule has 150 valence electrons. The van der Waals surface area contributed by atoms with Crippen molar-refractivity contribution in [2.24, 2.45) is 0 Å². The van der Waals surface area contributed by atoms with Crippen LogP contribution in [-0.4, -0.2) is 10.9 Å². The van der Waals surface area contributed by atoms with Crippen molar-refractivity contribution < 1.29 is 9.21 Å². The van der Waals surface area contributed by atoms with E-state index in [1.165, 1.54) is 4.90 Å². The number of para-hydroxylation sites is 1. The highest BCUT2D eigenvalue weighted by Gasteiger charge is 2.13. The van der Waals surface area contributed by atoms with Gasteiger partial charge in [-0.1, -0.05) is 36.4 Å². The molecule has 0 radical (unpaired) electrons. The molecule has 5 heteroatoms. The van der Waals surface area contributed by atoms with Crippen LogP contribution in [-0.2, 0) is 5.75 Å².